The number of nitrogens with zero attached hydrogens (tertiary/aromatic N) is 1. The number of carbonyl (C=O) groups is 1. The van der Waals surface area contributed by atoms with Gasteiger partial charge in [-0.1, -0.05) is 0 Å². The van der Waals surface area contributed by atoms with Crippen molar-refractivity contribution >= 4 is 22.7 Å². The number of aromatic nitrogens is 1. The van der Waals surface area contributed by atoms with Gasteiger partial charge in [0.05, 0.1) is 19.8 Å². The summed E-state index contributed by atoms with van der Waals surface area (Å²) < 4.78 is 10.2. The number of aliphatic hydroxyl groups excluding tert-OH is 1. The zero-order valence-corrected chi connectivity index (χ0v) is 9.55. The maximum absolute atomic E-state index is 12.0. The third-order valence-corrected chi connectivity index (χ3v) is 3.13. The Balaban J connectivity index is 1.81. The molecule has 1 saturated heterocycles. The molecule has 2 N–H and O–H groups in total. The normalized spacial score (nSPS) is 17.4. The summed E-state index contributed by atoms with van der Waals surface area (Å²) in [4.78, 5) is 16.0. The largest absolute Gasteiger partial charge is 0.443 e. The van der Waals surface area contributed by atoms with E-state index in [-0.39, 0.29) is 25.7 Å². The van der Waals surface area contributed by atoms with Gasteiger partial charge in [0.2, 0.25) is 5.91 Å². The number of oxazole rings is 1. The van der Waals surface area contributed by atoms with Crippen molar-refractivity contribution in [3.05, 3.63) is 24.6 Å². The van der Waals surface area contributed by atoms with Crippen LogP contribution in [0.2, 0.25) is 0 Å². The van der Waals surface area contributed by atoms with Crippen LogP contribution in [0.3, 0.4) is 0 Å². The van der Waals surface area contributed by atoms with Crippen LogP contribution in [0.15, 0.2) is 29.0 Å². The molecule has 1 aliphatic rings. The Bertz CT molecular complexity index is 583. The molecule has 0 radical (unpaired) electrons. The number of benzene rings is 1. The SMILES string of the molecule is O=C(Nc1ccc2ncoc2c1)C1(CO)COC1. The molecule has 1 fully saturated rings. The molecule has 1 aromatic heterocycles. The van der Waals surface area contributed by atoms with Gasteiger partial charge in [-0.2, -0.15) is 0 Å². The summed E-state index contributed by atoms with van der Waals surface area (Å²) in [7, 11) is 0. The number of rotatable bonds is 3. The number of aliphatic hydroxyl groups is 1. The van der Waals surface area contributed by atoms with Gasteiger partial charge >= 0.3 is 0 Å². The van der Waals surface area contributed by atoms with E-state index in [0.717, 1.165) is 5.52 Å². The third kappa shape index (κ3) is 1.66. The minimum Gasteiger partial charge on any atom is -0.443 e. The molecule has 94 valence electrons. The zero-order chi connectivity index (χ0) is 12.6. The molecule has 1 amide bonds. The minimum absolute atomic E-state index is 0.219. The van der Waals surface area contributed by atoms with Gasteiger partial charge in [0.1, 0.15) is 10.9 Å². The highest BCUT2D eigenvalue weighted by Crippen LogP contribution is 2.29. The monoisotopic (exact) mass is 248 g/mol. The van der Waals surface area contributed by atoms with Gasteiger partial charge in [0.25, 0.3) is 0 Å². The van der Waals surface area contributed by atoms with E-state index >= 15 is 0 Å². The van der Waals surface area contributed by atoms with E-state index < -0.39 is 5.41 Å². The zero-order valence-electron chi connectivity index (χ0n) is 9.55. The van der Waals surface area contributed by atoms with E-state index in [1.54, 1.807) is 18.2 Å². The number of anilines is 1. The minimum atomic E-state index is -0.809. The number of ether oxygens (including phenoxy) is 1. The van der Waals surface area contributed by atoms with E-state index in [1.807, 2.05) is 0 Å². The molecule has 0 spiro atoms. The van der Waals surface area contributed by atoms with Crippen molar-refractivity contribution in [2.24, 2.45) is 5.41 Å². The van der Waals surface area contributed by atoms with Gasteiger partial charge in [-0.25, -0.2) is 4.98 Å². The van der Waals surface area contributed by atoms with Gasteiger partial charge in [0.15, 0.2) is 12.0 Å². The van der Waals surface area contributed by atoms with E-state index in [0.29, 0.717) is 11.3 Å². The predicted molar refractivity (Wildman–Crippen MR) is 63.0 cm³/mol. The van der Waals surface area contributed by atoms with Gasteiger partial charge < -0.3 is 19.6 Å². The maximum Gasteiger partial charge on any atom is 0.237 e. The summed E-state index contributed by atoms with van der Waals surface area (Å²) in [5.74, 6) is -0.241. The van der Waals surface area contributed by atoms with Crippen molar-refractivity contribution < 1.29 is 19.1 Å². The van der Waals surface area contributed by atoms with Crippen molar-refractivity contribution in [1.29, 1.82) is 0 Å². The Morgan fingerprint density at radius 3 is 3.00 bits per heavy atom. The van der Waals surface area contributed by atoms with E-state index in [4.69, 9.17) is 9.15 Å². The maximum atomic E-state index is 12.0. The molecule has 6 nitrogen and oxygen atoms in total. The van der Waals surface area contributed by atoms with Crippen molar-refractivity contribution in [2.75, 3.05) is 25.1 Å². The van der Waals surface area contributed by atoms with Crippen molar-refractivity contribution in [2.45, 2.75) is 0 Å². The highest BCUT2D eigenvalue weighted by atomic mass is 16.5. The average Bonchev–Trinajstić information content (AvgIpc) is 2.75. The number of carbonyl (C=O) groups excluding carboxylic acids is 1. The van der Waals surface area contributed by atoms with Crippen LogP contribution in [0.1, 0.15) is 0 Å². The summed E-state index contributed by atoms with van der Waals surface area (Å²) in [5.41, 5.74) is 1.15. The quantitative estimate of drug-likeness (QED) is 0.838. The highest BCUT2D eigenvalue weighted by molar-refractivity contribution is 5.97. The lowest BCUT2D eigenvalue weighted by atomic mass is 9.86. The lowest BCUT2D eigenvalue weighted by Gasteiger charge is -2.37. The molecular weight excluding hydrogens is 236 g/mol. The number of hydrogen-bond acceptors (Lipinski definition) is 5. The van der Waals surface area contributed by atoms with E-state index in [9.17, 15) is 9.90 Å². The highest BCUT2D eigenvalue weighted by Gasteiger charge is 2.45. The van der Waals surface area contributed by atoms with Gasteiger partial charge in [-0.05, 0) is 12.1 Å². The number of hydrogen-bond donors (Lipinski definition) is 2. The van der Waals surface area contributed by atoms with E-state index in [1.165, 1.54) is 6.39 Å². The van der Waals surface area contributed by atoms with Gasteiger partial charge in [0, 0.05) is 11.8 Å². The molecule has 2 aromatic rings. The smallest absolute Gasteiger partial charge is 0.237 e. The second-order valence-electron chi connectivity index (χ2n) is 4.42. The third-order valence-electron chi connectivity index (χ3n) is 3.13. The van der Waals surface area contributed by atoms with Crippen LogP contribution < -0.4 is 5.32 Å². The van der Waals surface area contributed by atoms with Crippen LogP contribution in [0, 0.1) is 5.41 Å². The summed E-state index contributed by atoms with van der Waals surface area (Å²) in [6, 6.07) is 5.20. The van der Waals surface area contributed by atoms with Crippen LogP contribution in [-0.2, 0) is 9.53 Å². The van der Waals surface area contributed by atoms with Gasteiger partial charge in [-0.15, -0.1) is 0 Å². The number of nitrogens with one attached hydrogen (secondary N) is 1. The average molecular weight is 248 g/mol. The summed E-state index contributed by atoms with van der Waals surface area (Å²) in [6.45, 7) is 0.281. The molecule has 0 bridgehead atoms. The van der Waals surface area contributed by atoms with Crippen molar-refractivity contribution in [3.8, 4) is 0 Å². The fourth-order valence-electron chi connectivity index (χ4n) is 1.84. The molecule has 1 aromatic carbocycles. The molecule has 2 heterocycles. The first-order valence-corrected chi connectivity index (χ1v) is 5.57. The number of fused-ring (bicyclic) bond motifs is 1. The molecule has 0 saturated carbocycles. The number of amides is 1. The molecule has 3 rings (SSSR count). The van der Waals surface area contributed by atoms with Crippen LogP contribution in [0.5, 0.6) is 0 Å². The first kappa shape index (κ1) is 11.2. The second kappa shape index (κ2) is 4.08. The molecular formula is C12H12N2O4. The second-order valence-corrected chi connectivity index (χ2v) is 4.42. The molecule has 0 aliphatic carbocycles. The molecule has 6 heteroatoms. The Morgan fingerprint density at radius 1 is 1.50 bits per heavy atom. The van der Waals surface area contributed by atoms with Crippen LogP contribution >= 0.6 is 0 Å². The Labute approximate surface area is 103 Å². The Hall–Kier alpha value is -1.92. The van der Waals surface area contributed by atoms with Crippen LogP contribution in [0.4, 0.5) is 5.69 Å². The fourth-order valence-corrected chi connectivity index (χ4v) is 1.84. The molecule has 1 aliphatic heterocycles. The Kier molecular flexibility index (Phi) is 2.53. The Morgan fingerprint density at radius 2 is 2.33 bits per heavy atom. The molecule has 18 heavy (non-hydrogen) atoms. The standard InChI is InChI=1S/C12H12N2O4/c15-4-12(5-17-6-12)11(16)14-8-1-2-9-10(3-8)18-7-13-9/h1-3,7,15H,4-6H2,(H,14,16). The molecule has 0 unspecified atom stereocenters. The summed E-state index contributed by atoms with van der Waals surface area (Å²) >= 11 is 0. The van der Waals surface area contributed by atoms with Crippen LogP contribution in [0.25, 0.3) is 11.1 Å². The molecule has 0 atom stereocenters. The first-order chi connectivity index (χ1) is 8.73. The predicted octanol–water partition coefficient (Wildman–Crippen LogP) is 0.775. The van der Waals surface area contributed by atoms with E-state index in [2.05, 4.69) is 10.3 Å². The lowest BCUT2D eigenvalue weighted by Crippen LogP contribution is -2.54. The topological polar surface area (TPSA) is 84.6 Å². The van der Waals surface area contributed by atoms with Crippen molar-refractivity contribution in [1.82, 2.24) is 4.98 Å². The van der Waals surface area contributed by atoms with Gasteiger partial charge in [-0.3, -0.25) is 4.79 Å². The lowest BCUT2D eigenvalue weighted by molar-refractivity contribution is -0.164. The summed E-state index contributed by atoms with van der Waals surface area (Å²) in [5, 5.41) is 12.0. The summed E-state index contributed by atoms with van der Waals surface area (Å²) in [6.07, 6.45) is 1.35. The first-order valence-electron chi connectivity index (χ1n) is 5.57. The van der Waals surface area contributed by atoms with Crippen molar-refractivity contribution in [3.63, 3.8) is 0 Å². The fraction of sp³-hybridized carbons (Fsp3) is 0.333. The van der Waals surface area contributed by atoms with Crippen LogP contribution in [-0.4, -0.2) is 35.8 Å².